The van der Waals surface area contributed by atoms with Crippen molar-refractivity contribution < 1.29 is 19.4 Å². The van der Waals surface area contributed by atoms with Gasteiger partial charge in [0.15, 0.2) is 11.5 Å². The molecule has 0 spiro atoms. The lowest BCUT2D eigenvalue weighted by Crippen LogP contribution is -2.05. The maximum atomic E-state index is 10.6. The highest BCUT2D eigenvalue weighted by atomic mass is 16.5. The van der Waals surface area contributed by atoms with Gasteiger partial charge in [0.25, 0.3) is 0 Å². The second-order valence-corrected chi connectivity index (χ2v) is 3.01. The smallest absolute Gasteiger partial charge is 0.241 e. The van der Waals surface area contributed by atoms with E-state index < -0.39 is 5.91 Å². The predicted octanol–water partition coefficient (Wildman–Crippen LogP) is 0.908. The fourth-order valence-corrected chi connectivity index (χ4v) is 1.19. The van der Waals surface area contributed by atoms with E-state index in [9.17, 15) is 9.90 Å². The number of aromatic hydroxyl groups is 1. The Morgan fingerprint density at radius 2 is 1.81 bits per heavy atom. The first-order chi connectivity index (χ1) is 7.58. The summed E-state index contributed by atoms with van der Waals surface area (Å²) in [5.41, 5.74) is 5.62. The number of methoxy groups -OCH3 is 2. The molecule has 1 rings (SSSR count). The molecule has 5 heteroatoms. The highest BCUT2D eigenvalue weighted by Crippen LogP contribution is 2.37. The van der Waals surface area contributed by atoms with Crippen LogP contribution < -0.4 is 15.2 Å². The van der Waals surface area contributed by atoms with Crippen molar-refractivity contribution in [2.45, 2.75) is 0 Å². The zero-order valence-corrected chi connectivity index (χ0v) is 9.06. The van der Waals surface area contributed by atoms with E-state index in [1.165, 1.54) is 26.4 Å². The number of ether oxygens (including phenoxy) is 2. The SMILES string of the molecule is COc1cc(C=CC(N)=O)cc(OC)c1O. The van der Waals surface area contributed by atoms with Gasteiger partial charge in [-0.15, -0.1) is 0 Å². The van der Waals surface area contributed by atoms with Crippen LogP contribution in [0.4, 0.5) is 0 Å². The number of rotatable bonds is 4. The van der Waals surface area contributed by atoms with Crippen LogP contribution in [0, 0.1) is 0 Å². The summed E-state index contributed by atoms with van der Waals surface area (Å²) < 4.78 is 9.91. The van der Waals surface area contributed by atoms with Crippen molar-refractivity contribution in [1.82, 2.24) is 0 Å². The number of amides is 1. The molecule has 0 heterocycles. The summed E-state index contributed by atoms with van der Waals surface area (Å²) >= 11 is 0. The maximum Gasteiger partial charge on any atom is 0.241 e. The molecular weight excluding hydrogens is 210 g/mol. The van der Waals surface area contributed by atoms with Crippen LogP contribution in [0.15, 0.2) is 18.2 Å². The third kappa shape index (κ3) is 2.66. The van der Waals surface area contributed by atoms with Gasteiger partial charge in [0.1, 0.15) is 0 Å². The molecule has 0 aliphatic heterocycles. The minimum absolute atomic E-state index is 0.0822. The molecule has 0 saturated heterocycles. The standard InChI is InChI=1S/C11H13NO4/c1-15-8-5-7(3-4-10(12)13)6-9(16-2)11(8)14/h3-6,14H,1-2H3,(H2,12,13). The normalized spacial score (nSPS) is 10.4. The minimum Gasteiger partial charge on any atom is -0.502 e. The molecule has 0 atom stereocenters. The fraction of sp³-hybridized carbons (Fsp3) is 0.182. The number of hydrogen-bond acceptors (Lipinski definition) is 4. The molecule has 0 bridgehead atoms. The Morgan fingerprint density at radius 1 is 1.31 bits per heavy atom. The molecule has 1 amide bonds. The van der Waals surface area contributed by atoms with Gasteiger partial charge in [0, 0.05) is 6.08 Å². The number of hydrogen-bond donors (Lipinski definition) is 2. The Labute approximate surface area is 93.1 Å². The number of benzene rings is 1. The van der Waals surface area contributed by atoms with Crippen LogP contribution in [0.3, 0.4) is 0 Å². The topological polar surface area (TPSA) is 81.8 Å². The molecule has 86 valence electrons. The van der Waals surface area contributed by atoms with E-state index in [0.29, 0.717) is 5.56 Å². The summed E-state index contributed by atoms with van der Waals surface area (Å²) in [4.78, 5) is 10.6. The molecule has 0 saturated carbocycles. The largest absolute Gasteiger partial charge is 0.502 e. The fourth-order valence-electron chi connectivity index (χ4n) is 1.19. The summed E-state index contributed by atoms with van der Waals surface area (Å²) in [6, 6.07) is 3.13. The predicted molar refractivity (Wildman–Crippen MR) is 59.4 cm³/mol. The van der Waals surface area contributed by atoms with Crippen LogP contribution in [-0.4, -0.2) is 25.2 Å². The van der Waals surface area contributed by atoms with Crippen molar-refractivity contribution in [1.29, 1.82) is 0 Å². The lowest BCUT2D eigenvalue weighted by molar-refractivity contribution is -0.113. The van der Waals surface area contributed by atoms with Crippen molar-refractivity contribution in [2.24, 2.45) is 5.73 Å². The highest BCUT2D eigenvalue weighted by Gasteiger charge is 2.09. The number of primary amides is 1. The number of phenolic OH excluding ortho intramolecular Hbond substituents is 1. The number of phenols is 1. The molecule has 0 unspecified atom stereocenters. The van der Waals surface area contributed by atoms with Gasteiger partial charge in [-0.05, 0) is 23.8 Å². The van der Waals surface area contributed by atoms with Gasteiger partial charge in [0.2, 0.25) is 11.7 Å². The molecule has 0 aliphatic rings. The molecule has 3 N–H and O–H groups in total. The zero-order chi connectivity index (χ0) is 12.1. The molecule has 0 aliphatic carbocycles. The van der Waals surface area contributed by atoms with E-state index in [-0.39, 0.29) is 17.2 Å². The number of carbonyl (C=O) groups excluding carboxylic acids is 1. The van der Waals surface area contributed by atoms with Gasteiger partial charge in [-0.3, -0.25) is 4.79 Å². The van der Waals surface area contributed by atoms with Crippen LogP contribution in [0.25, 0.3) is 6.08 Å². The van der Waals surface area contributed by atoms with Crippen molar-refractivity contribution >= 4 is 12.0 Å². The first kappa shape index (κ1) is 11.9. The van der Waals surface area contributed by atoms with E-state index in [2.05, 4.69) is 0 Å². The van der Waals surface area contributed by atoms with E-state index in [4.69, 9.17) is 15.2 Å². The summed E-state index contributed by atoms with van der Waals surface area (Å²) in [6.45, 7) is 0. The Bertz CT molecular complexity index is 401. The van der Waals surface area contributed by atoms with E-state index in [0.717, 1.165) is 0 Å². The highest BCUT2D eigenvalue weighted by molar-refractivity contribution is 5.90. The number of carbonyl (C=O) groups is 1. The summed E-state index contributed by atoms with van der Waals surface area (Å²) in [5.74, 6) is -0.0980. The van der Waals surface area contributed by atoms with Gasteiger partial charge < -0.3 is 20.3 Å². The minimum atomic E-state index is -0.550. The molecule has 0 fully saturated rings. The van der Waals surface area contributed by atoms with Gasteiger partial charge >= 0.3 is 0 Å². The lowest BCUT2D eigenvalue weighted by Gasteiger charge is -2.09. The zero-order valence-electron chi connectivity index (χ0n) is 9.06. The van der Waals surface area contributed by atoms with Crippen molar-refractivity contribution in [3.8, 4) is 17.2 Å². The molecule has 0 radical (unpaired) electrons. The van der Waals surface area contributed by atoms with E-state index >= 15 is 0 Å². The summed E-state index contributed by atoms with van der Waals surface area (Å²) in [7, 11) is 2.85. The molecule has 1 aromatic carbocycles. The number of nitrogens with two attached hydrogens (primary N) is 1. The Balaban J connectivity index is 3.16. The third-order valence-electron chi connectivity index (χ3n) is 1.94. The maximum absolute atomic E-state index is 10.6. The third-order valence-corrected chi connectivity index (χ3v) is 1.94. The second kappa shape index (κ2) is 5.06. The van der Waals surface area contributed by atoms with Crippen molar-refractivity contribution in [2.75, 3.05) is 14.2 Å². The molecule has 0 aromatic heterocycles. The first-order valence-electron chi connectivity index (χ1n) is 4.51. The Hall–Kier alpha value is -2.17. The average molecular weight is 223 g/mol. The lowest BCUT2D eigenvalue weighted by atomic mass is 10.1. The van der Waals surface area contributed by atoms with Gasteiger partial charge in [-0.2, -0.15) is 0 Å². The van der Waals surface area contributed by atoms with Gasteiger partial charge in [-0.1, -0.05) is 0 Å². The van der Waals surface area contributed by atoms with Crippen LogP contribution in [0.2, 0.25) is 0 Å². The molecule has 16 heavy (non-hydrogen) atoms. The van der Waals surface area contributed by atoms with Crippen molar-refractivity contribution in [3.63, 3.8) is 0 Å². The molecular formula is C11H13NO4. The van der Waals surface area contributed by atoms with Gasteiger partial charge in [0.05, 0.1) is 14.2 Å². The molecule has 1 aromatic rings. The average Bonchev–Trinajstić information content (AvgIpc) is 2.27. The summed E-state index contributed by atoms with van der Waals surface area (Å²) in [5, 5.41) is 9.62. The van der Waals surface area contributed by atoms with Crippen LogP contribution >= 0.6 is 0 Å². The first-order valence-corrected chi connectivity index (χ1v) is 4.51. The van der Waals surface area contributed by atoms with E-state index in [1.807, 2.05) is 0 Å². The molecule has 5 nitrogen and oxygen atoms in total. The van der Waals surface area contributed by atoms with E-state index in [1.54, 1.807) is 12.1 Å². The quantitative estimate of drug-likeness (QED) is 0.743. The van der Waals surface area contributed by atoms with Crippen molar-refractivity contribution in [3.05, 3.63) is 23.8 Å². The summed E-state index contributed by atoms with van der Waals surface area (Å²) in [6.07, 6.45) is 2.72. The Morgan fingerprint density at radius 3 is 2.19 bits per heavy atom. The Kier molecular flexibility index (Phi) is 3.77. The van der Waals surface area contributed by atoms with Gasteiger partial charge in [-0.25, -0.2) is 0 Å². The second-order valence-electron chi connectivity index (χ2n) is 3.01. The van der Waals surface area contributed by atoms with Crippen LogP contribution in [0.5, 0.6) is 17.2 Å². The monoisotopic (exact) mass is 223 g/mol. The van der Waals surface area contributed by atoms with Crippen LogP contribution in [0.1, 0.15) is 5.56 Å². The van der Waals surface area contributed by atoms with Crippen LogP contribution in [-0.2, 0) is 4.79 Å².